The fourth-order valence-corrected chi connectivity index (χ4v) is 2.25. The molecule has 1 saturated carbocycles. The zero-order chi connectivity index (χ0) is 11.0. The normalized spacial score (nSPS) is 23.7. The fraction of sp³-hybridized carbons (Fsp3) is 0.636. The smallest absolute Gasteiger partial charge is 0.242 e. The molecule has 0 bridgehead atoms. The molecule has 0 saturated heterocycles. The highest BCUT2D eigenvalue weighted by atomic mass is 16.5. The predicted octanol–water partition coefficient (Wildman–Crippen LogP) is 1.49. The SMILES string of the molecule is COc1ncnc2c1NCCC(C1CC1)N2. The topological polar surface area (TPSA) is 59.1 Å². The van der Waals surface area contributed by atoms with Crippen LogP contribution in [-0.4, -0.2) is 29.7 Å². The van der Waals surface area contributed by atoms with Crippen molar-refractivity contribution in [1.29, 1.82) is 0 Å². The maximum Gasteiger partial charge on any atom is 0.242 e. The number of hydrogen-bond donors (Lipinski definition) is 2. The minimum Gasteiger partial charge on any atom is -0.479 e. The predicted molar refractivity (Wildman–Crippen MR) is 61.8 cm³/mol. The summed E-state index contributed by atoms with van der Waals surface area (Å²) in [6.45, 7) is 0.949. The van der Waals surface area contributed by atoms with Crippen LogP contribution in [0.1, 0.15) is 19.3 Å². The van der Waals surface area contributed by atoms with E-state index in [4.69, 9.17) is 4.74 Å². The van der Waals surface area contributed by atoms with Crippen molar-refractivity contribution < 1.29 is 4.74 Å². The molecule has 2 heterocycles. The number of aromatic nitrogens is 2. The van der Waals surface area contributed by atoms with E-state index in [9.17, 15) is 0 Å². The molecule has 1 fully saturated rings. The summed E-state index contributed by atoms with van der Waals surface area (Å²) < 4.78 is 5.23. The van der Waals surface area contributed by atoms with Crippen LogP contribution in [0.2, 0.25) is 0 Å². The Labute approximate surface area is 94.6 Å². The lowest BCUT2D eigenvalue weighted by molar-refractivity contribution is 0.399. The van der Waals surface area contributed by atoms with Gasteiger partial charge in [-0.3, -0.25) is 0 Å². The molecule has 86 valence electrons. The molecule has 0 spiro atoms. The van der Waals surface area contributed by atoms with E-state index in [0.29, 0.717) is 11.9 Å². The summed E-state index contributed by atoms with van der Waals surface area (Å²) >= 11 is 0. The maximum absolute atomic E-state index is 5.23. The molecule has 1 atom stereocenters. The van der Waals surface area contributed by atoms with Crippen molar-refractivity contribution in [3.63, 3.8) is 0 Å². The zero-order valence-electron chi connectivity index (χ0n) is 9.36. The quantitative estimate of drug-likeness (QED) is 0.790. The summed E-state index contributed by atoms with van der Waals surface area (Å²) in [5.74, 6) is 2.32. The summed E-state index contributed by atoms with van der Waals surface area (Å²) in [5.41, 5.74) is 0.896. The number of rotatable bonds is 2. The molecule has 5 heteroatoms. The van der Waals surface area contributed by atoms with Crippen LogP contribution in [0.25, 0.3) is 0 Å². The second-order valence-electron chi connectivity index (χ2n) is 4.41. The van der Waals surface area contributed by atoms with Gasteiger partial charge in [-0.2, -0.15) is 4.98 Å². The van der Waals surface area contributed by atoms with Crippen LogP contribution in [0.15, 0.2) is 6.33 Å². The summed E-state index contributed by atoms with van der Waals surface area (Å²) in [5, 5.41) is 6.85. The molecule has 1 aromatic rings. The highest BCUT2D eigenvalue weighted by Gasteiger charge is 2.33. The van der Waals surface area contributed by atoms with Crippen molar-refractivity contribution >= 4 is 11.5 Å². The highest BCUT2D eigenvalue weighted by molar-refractivity contribution is 5.70. The molecular weight excluding hydrogens is 204 g/mol. The molecule has 2 aliphatic rings. The molecule has 2 N–H and O–H groups in total. The third-order valence-electron chi connectivity index (χ3n) is 3.28. The Morgan fingerprint density at radius 3 is 2.94 bits per heavy atom. The molecule has 0 radical (unpaired) electrons. The average molecular weight is 220 g/mol. The van der Waals surface area contributed by atoms with Crippen molar-refractivity contribution in [3.05, 3.63) is 6.33 Å². The van der Waals surface area contributed by atoms with Crippen LogP contribution < -0.4 is 15.4 Å². The minimum atomic E-state index is 0.549. The molecule has 0 aromatic carbocycles. The van der Waals surface area contributed by atoms with E-state index in [0.717, 1.165) is 30.4 Å². The van der Waals surface area contributed by atoms with Crippen LogP contribution >= 0.6 is 0 Å². The summed E-state index contributed by atoms with van der Waals surface area (Å²) in [6, 6.07) is 0.549. The Morgan fingerprint density at radius 1 is 1.31 bits per heavy atom. The van der Waals surface area contributed by atoms with Gasteiger partial charge in [-0.1, -0.05) is 0 Å². The molecule has 16 heavy (non-hydrogen) atoms. The van der Waals surface area contributed by atoms with Gasteiger partial charge in [0.25, 0.3) is 0 Å². The Bertz CT molecular complexity index is 392. The fourth-order valence-electron chi connectivity index (χ4n) is 2.25. The number of fused-ring (bicyclic) bond motifs is 1. The first-order valence-electron chi connectivity index (χ1n) is 5.78. The lowest BCUT2D eigenvalue weighted by Crippen LogP contribution is -2.22. The number of ether oxygens (including phenoxy) is 1. The molecule has 5 nitrogen and oxygen atoms in total. The monoisotopic (exact) mass is 220 g/mol. The van der Waals surface area contributed by atoms with Crippen molar-refractivity contribution in [3.8, 4) is 5.88 Å². The Morgan fingerprint density at radius 2 is 2.19 bits per heavy atom. The first-order valence-corrected chi connectivity index (χ1v) is 5.78. The summed E-state index contributed by atoms with van der Waals surface area (Å²) in [6.07, 6.45) is 5.36. The van der Waals surface area contributed by atoms with Gasteiger partial charge in [0.1, 0.15) is 12.0 Å². The van der Waals surface area contributed by atoms with Gasteiger partial charge in [-0.25, -0.2) is 4.98 Å². The third kappa shape index (κ3) is 1.66. The van der Waals surface area contributed by atoms with E-state index in [1.165, 1.54) is 12.8 Å². The van der Waals surface area contributed by atoms with Crippen molar-refractivity contribution in [1.82, 2.24) is 9.97 Å². The second-order valence-corrected chi connectivity index (χ2v) is 4.41. The molecular formula is C11H16N4O. The lowest BCUT2D eigenvalue weighted by Gasteiger charge is -2.15. The number of nitrogens with one attached hydrogen (secondary N) is 2. The van der Waals surface area contributed by atoms with Crippen LogP contribution in [-0.2, 0) is 0 Å². The third-order valence-corrected chi connectivity index (χ3v) is 3.28. The largest absolute Gasteiger partial charge is 0.479 e. The van der Waals surface area contributed by atoms with Crippen molar-refractivity contribution in [2.45, 2.75) is 25.3 Å². The van der Waals surface area contributed by atoms with Crippen LogP contribution in [0, 0.1) is 5.92 Å². The van der Waals surface area contributed by atoms with Gasteiger partial charge in [-0.15, -0.1) is 0 Å². The standard InChI is InChI=1S/C11H16N4O/c1-16-11-9-10(13-6-14-11)15-8(4-5-12-9)7-2-3-7/h6-8,12H,2-5H2,1H3,(H,13,14,15). The Hall–Kier alpha value is -1.52. The summed E-state index contributed by atoms with van der Waals surface area (Å²) in [4.78, 5) is 8.39. The van der Waals surface area contributed by atoms with Gasteiger partial charge in [0.05, 0.1) is 7.11 Å². The van der Waals surface area contributed by atoms with E-state index < -0.39 is 0 Å². The van der Waals surface area contributed by atoms with Crippen molar-refractivity contribution in [2.24, 2.45) is 5.92 Å². The number of methoxy groups -OCH3 is 1. The molecule has 3 rings (SSSR count). The first-order chi connectivity index (χ1) is 7.88. The van der Waals surface area contributed by atoms with E-state index in [1.807, 2.05) is 0 Å². The maximum atomic E-state index is 5.23. The molecule has 0 amide bonds. The van der Waals surface area contributed by atoms with E-state index >= 15 is 0 Å². The number of hydrogen-bond acceptors (Lipinski definition) is 5. The van der Waals surface area contributed by atoms with Crippen LogP contribution in [0.5, 0.6) is 5.88 Å². The molecule has 1 unspecified atom stereocenters. The van der Waals surface area contributed by atoms with E-state index in [2.05, 4.69) is 20.6 Å². The lowest BCUT2D eigenvalue weighted by atomic mass is 10.1. The Kier molecular flexibility index (Phi) is 2.31. The Balaban J connectivity index is 1.90. The van der Waals surface area contributed by atoms with E-state index in [1.54, 1.807) is 13.4 Å². The highest BCUT2D eigenvalue weighted by Crippen LogP contribution is 2.39. The van der Waals surface area contributed by atoms with Gasteiger partial charge in [-0.05, 0) is 25.2 Å². The van der Waals surface area contributed by atoms with Gasteiger partial charge in [0.15, 0.2) is 5.82 Å². The first kappa shape index (κ1) is 9.69. The van der Waals surface area contributed by atoms with Gasteiger partial charge < -0.3 is 15.4 Å². The van der Waals surface area contributed by atoms with Gasteiger partial charge >= 0.3 is 0 Å². The number of anilines is 2. The summed E-state index contributed by atoms with van der Waals surface area (Å²) in [7, 11) is 1.63. The average Bonchev–Trinajstić information content (AvgIpc) is 3.13. The zero-order valence-corrected chi connectivity index (χ0v) is 9.36. The van der Waals surface area contributed by atoms with E-state index in [-0.39, 0.29) is 0 Å². The molecule has 1 aliphatic carbocycles. The minimum absolute atomic E-state index is 0.549. The second kappa shape index (κ2) is 3.81. The molecule has 1 aliphatic heterocycles. The molecule has 1 aromatic heterocycles. The van der Waals surface area contributed by atoms with Crippen molar-refractivity contribution in [2.75, 3.05) is 24.3 Å². The van der Waals surface area contributed by atoms with Crippen LogP contribution in [0.4, 0.5) is 11.5 Å². The van der Waals surface area contributed by atoms with Gasteiger partial charge in [0.2, 0.25) is 5.88 Å². The van der Waals surface area contributed by atoms with Crippen LogP contribution in [0.3, 0.4) is 0 Å². The number of nitrogens with zero attached hydrogens (tertiary/aromatic N) is 2. The van der Waals surface area contributed by atoms with Gasteiger partial charge in [0, 0.05) is 12.6 Å².